The molecule has 0 unspecified atom stereocenters. The molecule has 0 aliphatic rings. The number of nitrogens with two attached hydrogens (primary N) is 1. The largest absolute Gasteiger partial charge is 0.478 e. The molecule has 0 heterocycles. The van der Waals surface area contributed by atoms with Crippen LogP contribution in [0.1, 0.15) is 27.0 Å². The number of anilines is 2. The van der Waals surface area contributed by atoms with E-state index in [-0.39, 0.29) is 5.56 Å². The lowest BCUT2D eigenvalue weighted by Gasteiger charge is -2.23. The van der Waals surface area contributed by atoms with Gasteiger partial charge in [-0.05, 0) is 48.7 Å². The van der Waals surface area contributed by atoms with E-state index in [4.69, 9.17) is 10.8 Å². The van der Waals surface area contributed by atoms with Crippen molar-refractivity contribution in [3.8, 4) is 0 Å². The molecule has 0 bridgehead atoms. The van der Waals surface area contributed by atoms with E-state index in [1.807, 2.05) is 18.0 Å². The monoisotopic (exact) mass is 284 g/mol. The Hall–Kier alpha value is -2.49. The van der Waals surface area contributed by atoms with Crippen LogP contribution in [0.4, 0.5) is 11.4 Å². The first-order chi connectivity index (χ1) is 9.90. The molecule has 0 aromatic heterocycles. The normalized spacial score (nSPS) is 10.4. The van der Waals surface area contributed by atoms with Crippen molar-refractivity contribution >= 4 is 17.3 Å². The summed E-state index contributed by atoms with van der Waals surface area (Å²) in [4.78, 5) is 13.0. The van der Waals surface area contributed by atoms with Crippen LogP contribution in [-0.2, 0) is 6.54 Å². The molecule has 0 spiro atoms. The second-order valence-electron chi connectivity index (χ2n) is 5.31. The fraction of sp³-hybridized carbons (Fsp3) is 0.235. The van der Waals surface area contributed by atoms with E-state index in [1.54, 1.807) is 12.1 Å². The van der Waals surface area contributed by atoms with Gasteiger partial charge in [0.05, 0.1) is 16.9 Å². The second kappa shape index (κ2) is 5.87. The topological polar surface area (TPSA) is 66.6 Å². The highest BCUT2D eigenvalue weighted by Gasteiger charge is 2.11. The Morgan fingerprint density at radius 3 is 2.33 bits per heavy atom. The number of aryl methyl sites for hydroxylation is 2. The number of carboxylic acids is 1. The molecule has 110 valence electrons. The van der Waals surface area contributed by atoms with Gasteiger partial charge >= 0.3 is 5.97 Å². The summed E-state index contributed by atoms with van der Waals surface area (Å²) in [5, 5.41) is 8.98. The Kier molecular flexibility index (Phi) is 4.17. The van der Waals surface area contributed by atoms with Gasteiger partial charge in [0, 0.05) is 13.6 Å². The first-order valence-corrected chi connectivity index (χ1v) is 6.79. The van der Waals surface area contributed by atoms with Crippen LogP contribution in [0.15, 0.2) is 36.4 Å². The van der Waals surface area contributed by atoms with Gasteiger partial charge in [-0.15, -0.1) is 0 Å². The fourth-order valence-corrected chi connectivity index (χ4v) is 2.46. The number of carboxylic acid groups (broad SMARTS) is 1. The Morgan fingerprint density at radius 2 is 1.81 bits per heavy atom. The summed E-state index contributed by atoms with van der Waals surface area (Å²) in [5.74, 6) is -0.967. The van der Waals surface area contributed by atoms with Crippen molar-refractivity contribution in [3.05, 3.63) is 58.7 Å². The van der Waals surface area contributed by atoms with Crippen LogP contribution >= 0.6 is 0 Å². The average Bonchev–Trinajstić information content (AvgIpc) is 2.42. The third kappa shape index (κ3) is 3.16. The molecule has 4 nitrogen and oxygen atoms in total. The molecule has 0 saturated carbocycles. The molecule has 4 heteroatoms. The van der Waals surface area contributed by atoms with E-state index in [2.05, 4.69) is 26.0 Å². The lowest BCUT2D eigenvalue weighted by atomic mass is 10.0. The number of aromatic carboxylic acids is 1. The maximum absolute atomic E-state index is 10.9. The van der Waals surface area contributed by atoms with Crippen LogP contribution in [0.2, 0.25) is 0 Å². The van der Waals surface area contributed by atoms with Crippen LogP contribution in [0.3, 0.4) is 0 Å². The van der Waals surface area contributed by atoms with Crippen LogP contribution < -0.4 is 10.6 Å². The zero-order valence-corrected chi connectivity index (χ0v) is 12.6. The minimum atomic E-state index is -0.967. The van der Waals surface area contributed by atoms with Crippen LogP contribution in [0.5, 0.6) is 0 Å². The second-order valence-corrected chi connectivity index (χ2v) is 5.31. The number of hydrogen-bond donors (Lipinski definition) is 2. The van der Waals surface area contributed by atoms with Crippen molar-refractivity contribution in [2.45, 2.75) is 20.4 Å². The molecule has 0 aliphatic carbocycles. The van der Waals surface area contributed by atoms with Crippen molar-refractivity contribution in [2.24, 2.45) is 0 Å². The van der Waals surface area contributed by atoms with Crippen molar-refractivity contribution < 1.29 is 9.90 Å². The molecule has 2 aromatic carbocycles. The summed E-state index contributed by atoms with van der Waals surface area (Å²) in [6.07, 6.45) is 0. The van der Waals surface area contributed by atoms with Crippen LogP contribution in [0.25, 0.3) is 0 Å². The molecule has 2 rings (SSSR count). The van der Waals surface area contributed by atoms with E-state index in [1.165, 1.54) is 22.8 Å². The third-order valence-corrected chi connectivity index (χ3v) is 3.73. The zero-order valence-electron chi connectivity index (χ0n) is 12.6. The van der Waals surface area contributed by atoms with E-state index in [0.29, 0.717) is 5.69 Å². The van der Waals surface area contributed by atoms with Crippen molar-refractivity contribution in [2.75, 3.05) is 17.7 Å². The molecule has 2 aromatic rings. The highest BCUT2D eigenvalue weighted by atomic mass is 16.4. The molecular weight excluding hydrogens is 264 g/mol. The minimum absolute atomic E-state index is 0.205. The molecule has 3 N–H and O–H groups in total. The minimum Gasteiger partial charge on any atom is -0.478 e. The fourth-order valence-electron chi connectivity index (χ4n) is 2.46. The molecule has 0 aliphatic heterocycles. The molecule has 0 amide bonds. The van der Waals surface area contributed by atoms with E-state index in [9.17, 15) is 4.79 Å². The van der Waals surface area contributed by atoms with Gasteiger partial charge in [0.25, 0.3) is 0 Å². The van der Waals surface area contributed by atoms with Gasteiger partial charge in [0.2, 0.25) is 0 Å². The predicted molar refractivity (Wildman–Crippen MR) is 85.8 cm³/mol. The Bertz CT molecular complexity index is 660. The molecule has 0 fully saturated rings. The standard InChI is InChI=1S/C17H20N2O2/c1-11-5-4-6-12(2)14(11)10-19(3)16-8-7-13(17(20)21)9-15(16)18/h4-9H,10,18H2,1-3H3,(H,20,21). The summed E-state index contributed by atoms with van der Waals surface area (Å²) < 4.78 is 0. The van der Waals surface area contributed by atoms with Crippen LogP contribution in [-0.4, -0.2) is 18.1 Å². The van der Waals surface area contributed by atoms with Gasteiger partial charge in [-0.2, -0.15) is 0 Å². The average molecular weight is 284 g/mol. The highest BCUT2D eigenvalue weighted by Crippen LogP contribution is 2.26. The summed E-state index contributed by atoms with van der Waals surface area (Å²) in [6.45, 7) is 4.91. The Balaban J connectivity index is 2.29. The SMILES string of the molecule is Cc1cccc(C)c1CN(C)c1ccc(C(=O)O)cc1N. The van der Waals surface area contributed by atoms with Gasteiger partial charge in [-0.3, -0.25) is 0 Å². The number of benzene rings is 2. The van der Waals surface area contributed by atoms with Gasteiger partial charge in [-0.1, -0.05) is 18.2 Å². The number of carbonyl (C=O) groups is 1. The lowest BCUT2D eigenvalue weighted by molar-refractivity contribution is 0.0697. The smallest absolute Gasteiger partial charge is 0.335 e. The summed E-state index contributed by atoms with van der Waals surface area (Å²) in [7, 11) is 1.96. The van der Waals surface area contributed by atoms with Gasteiger partial charge < -0.3 is 15.7 Å². The molecule has 0 atom stereocenters. The maximum atomic E-state index is 10.9. The first-order valence-electron chi connectivity index (χ1n) is 6.79. The quantitative estimate of drug-likeness (QED) is 0.846. The molecule has 21 heavy (non-hydrogen) atoms. The molecular formula is C17H20N2O2. The van der Waals surface area contributed by atoms with Gasteiger partial charge in [0.15, 0.2) is 0 Å². The summed E-state index contributed by atoms with van der Waals surface area (Å²) in [6, 6.07) is 11.1. The lowest BCUT2D eigenvalue weighted by Crippen LogP contribution is -2.19. The van der Waals surface area contributed by atoms with E-state index < -0.39 is 5.97 Å². The van der Waals surface area contributed by atoms with E-state index in [0.717, 1.165) is 12.2 Å². The first kappa shape index (κ1) is 14.9. The van der Waals surface area contributed by atoms with E-state index >= 15 is 0 Å². The van der Waals surface area contributed by atoms with Crippen LogP contribution in [0, 0.1) is 13.8 Å². The number of hydrogen-bond acceptors (Lipinski definition) is 3. The van der Waals surface area contributed by atoms with Crippen molar-refractivity contribution in [1.29, 1.82) is 0 Å². The maximum Gasteiger partial charge on any atom is 0.335 e. The highest BCUT2D eigenvalue weighted by molar-refractivity contribution is 5.90. The zero-order chi connectivity index (χ0) is 15.6. The Labute approximate surface area is 124 Å². The Morgan fingerprint density at radius 1 is 1.19 bits per heavy atom. The summed E-state index contributed by atoms with van der Waals surface area (Å²) >= 11 is 0. The van der Waals surface area contributed by atoms with Gasteiger partial charge in [0.1, 0.15) is 0 Å². The van der Waals surface area contributed by atoms with Crippen molar-refractivity contribution in [1.82, 2.24) is 0 Å². The third-order valence-electron chi connectivity index (χ3n) is 3.73. The van der Waals surface area contributed by atoms with Gasteiger partial charge in [-0.25, -0.2) is 4.79 Å². The molecule has 0 radical (unpaired) electrons. The number of nitrogens with zero attached hydrogens (tertiary/aromatic N) is 1. The summed E-state index contributed by atoms with van der Waals surface area (Å²) in [5.41, 5.74) is 11.2. The number of rotatable bonds is 4. The molecule has 0 saturated heterocycles. The number of nitrogen functional groups attached to an aromatic ring is 1. The van der Waals surface area contributed by atoms with Crippen molar-refractivity contribution in [3.63, 3.8) is 0 Å². The predicted octanol–water partition coefficient (Wildman–Crippen LogP) is 3.22.